The van der Waals surface area contributed by atoms with Crippen molar-refractivity contribution >= 4 is 17.5 Å². The van der Waals surface area contributed by atoms with Gasteiger partial charge in [-0.2, -0.15) is 0 Å². The van der Waals surface area contributed by atoms with Crippen molar-refractivity contribution in [2.24, 2.45) is 0 Å². The minimum absolute atomic E-state index is 0.0961. The smallest absolute Gasteiger partial charge is 0.274 e. The molecular formula is C14H20ClN3O. The van der Waals surface area contributed by atoms with Gasteiger partial charge in [-0.05, 0) is 12.8 Å². The molecule has 5 heteroatoms. The van der Waals surface area contributed by atoms with Crippen LogP contribution in [0.3, 0.4) is 0 Å². The van der Waals surface area contributed by atoms with Crippen molar-refractivity contribution < 1.29 is 4.79 Å². The number of aromatic nitrogens is 2. The summed E-state index contributed by atoms with van der Waals surface area (Å²) in [6.07, 6.45) is 6.05. The van der Waals surface area contributed by atoms with E-state index >= 15 is 0 Å². The van der Waals surface area contributed by atoms with Crippen LogP contribution in [0.4, 0.5) is 0 Å². The third-order valence-electron chi connectivity index (χ3n) is 3.67. The summed E-state index contributed by atoms with van der Waals surface area (Å²) in [6, 6.07) is 0.320. The highest BCUT2D eigenvalue weighted by molar-refractivity contribution is 6.33. The summed E-state index contributed by atoms with van der Waals surface area (Å²) in [5.41, 5.74) is 0.328. The molecule has 1 heterocycles. The van der Waals surface area contributed by atoms with Crippen LogP contribution in [0.5, 0.6) is 0 Å². The van der Waals surface area contributed by atoms with Crippen molar-refractivity contribution in [3.63, 3.8) is 0 Å². The highest BCUT2D eigenvalue weighted by Crippen LogP contribution is 2.25. The maximum atomic E-state index is 12.5. The number of nitrogens with zero attached hydrogens (tertiary/aromatic N) is 3. The van der Waals surface area contributed by atoms with E-state index in [2.05, 4.69) is 9.97 Å². The molecule has 1 aromatic heterocycles. The molecule has 1 aliphatic carbocycles. The lowest BCUT2D eigenvalue weighted by Gasteiger charge is -2.24. The lowest BCUT2D eigenvalue weighted by molar-refractivity contribution is 0.0729. The van der Waals surface area contributed by atoms with Crippen molar-refractivity contribution in [1.29, 1.82) is 0 Å². The molecule has 1 fully saturated rings. The summed E-state index contributed by atoms with van der Waals surface area (Å²) >= 11 is 6.07. The van der Waals surface area contributed by atoms with Gasteiger partial charge in [0.1, 0.15) is 5.82 Å². The Labute approximate surface area is 119 Å². The SMILES string of the molecule is CC(C)c1ncc(Cl)c(C(=O)N(C)C2CCCC2)n1. The largest absolute Gasteiger partial charge is 0.337 e. The molecule has 1 saturated carbocycles. The van der Waals surface area contributed by atoms with Crippen LogP contribution in [0.25, 0.3) is 0 Å². The summed E-state index contributed by atoms with van der Waals surface area (Å²) in [6.45, 7) is 4.00. The van der Waals surface area contributed by atoms with E-state index in [4.69, 9.17) is 11.6 Å². The summed E-state index contributed by atoms with van der Waals surface area (Å²) in [5, 5.41) is 0.333. The molecule has 0 atom stereocenters. The molecule has 1 aliphatic rings. The zero-order valence-electron chi connectivity index (χ0n) is 11.7. The molecule has 0 N–H and O–H groups in total. The first kappa shape index (κ1) is 14.3. The Morgan fingerprint density at radius 2 is 2.05 bits per heavy atom. The van der Waals surface area contributed by atoms with Crippen LogP contribution in [0, 0.1) is 0 Å². The van der Waals surface area contributed by atoms with Gasteiger partial charge in [-0.25, -0.2) is 9.97 Å². The van der Waals surface area contributed by atoms with E-state index in [0.29, 0.717) is 22.6 Å². The second-order valence-electron chi connectivity index (χ2n) is 5.43. The average molecular weight is 282 g/mol. The van der Waals surface area contributed by atoms with Gasteiger partial charge in [-0.3, -0.25) is 4.79 Å². The van der Waals surface area contributed by atoms with E-state index in [1.165, 1.54) is 19.0 Å². The van der Waals surface area contributed by atoms with Crippen molar-refractivity contribution in [2.45, 2.75) is 51.5 Å². The minimum atomic E-state index is -0.0961. The number of carbonyl (C=O) groups is 1. The fraction of sp³-hybridized carbons (Fsp3) is 0.643. The zero-order valence-corrected chi connectivity index (χ0v) is 12.4. The van der Waals surface area contributed by atoms with E-state index in [1.54, 1.807) is 4.90 Å². The molecule has 19 heavy (non-hydrogen) atoms. The van der Waals surface area contributed by atoms with Gasteiger partial charge < -0.3 is 4.90 Å². The van der Waals surface area contributed by atoms with E-state index in [1.807, 2.05) is 20.9 Å². The second kappa shape index (κ2) is 5.87. The first-order valence-corrected chi connectivity index (χ1v) is 7.18. The Morgan fingerprint density at radius 1 is 1.42 bits per heavy atom. The van der Waals surface area contributed by atoms with Crippen LogP contribution in [0.1, 0.15) is 61.8 Å². The molecule has 104 valence electrons. The number of hydrogen-bond donors (Lipinski definition) is 0. The van der Waals surface area contributed by atoms with Gasteiger partial charge in [-0.1, -0.05) is 38.3 Å². The Morgan fingerprint density at radius 3 is 2.63 bits per heavy atom. The Bertz CT molecular complexity index is 470. The Balaban J connectivity index is 2.24. The minimum Gasteiger partial charge on any atom is -0.337 e. The highest BCUT2D eigenvalue weighted by Gasteiger charge is 2.26. The van der Waals surface area contributed by atoms with Crippen LogP contribution in [-0.2, 0) is 0 Å². The molecule has 2 rings (SSSR count). The number of halogens is 1. The molecule has 0 aromatic carbocycles. The van der Waals surface area contributed by atoms with Crippen molar-refractivity contribution in [2.75, 3.05) is 7.05 Å². The number of rotatable bonds is 3. The van der Waals surface area contributed by atoms with Crippen molar-refractivity contribution in [3.8, 4) is 0 Å². The zero-order chi connectivity index (χ0) is 14.0. The molecule has 4 nitrogen and oxygen atoms in total. The third kappa shape index (κ3) is 3.06. The van der Waals surface area contributed by atoms with E-state index in [0.717, 1.165) is 12.8 Å². The van der Waals surface area contributed by atoms with Crippen molar-refractivity contribution in [3.05, 3.63) is 22.7 Å². The summed E-state index contributed by atoms with van der Waals surface area (Å²) in [4.78, 5) is 22.8. The normalized spacial score (nSPS) is 16.1. The fourth-order valence-electron chi connectivity index (χ4n) is 2.43. The van der Waals surface area contributed by atoms with Gasteiger partial charge in [0.2, 0.25) is 0 Å². The maximum Gasteiger partial charge on any atom is 0.274 e. The standard InChI is InChI=1S/C14H20ClN3O/c1-9(2)13-16-8-11(15)12(17-13)14(19)18(3)10-6-4-5-7-10/h8-10H,4-7H2,1-3H3. The molecule has 0 aliphatic heterocycles. The van der Waals surface area contributed by atoms with E-state index < -0.39 is 0 Å². The Hall–Kier alpha value is -1.16. The first-order valence-electron chi connectivity index (χ1n) is 6.80. The predicted molar refractivity (Wildman–Crippen MR) is 75.5 cm³/mol. The summed E-state index contributed by atoms with van der Waals surface area (Å²) < 4.78 is 0. The highest BCUT2D eigenvalue weighted by atomic mass is 35.5. The topological polar surface area (TPSA) is 46.1 Å². The average Bonchev–Trinajstić information content (AvgIpc) is 2.91. The maximum absolute atomic E-state index is 12.5. The fourth-order valence-corrected chi connectivity index (χ4v) is 2.61. The van der Waals surface area contributed by atoms with Gasteiger partial charge in [0.25, 0.3) is 5.91 Å². The van der Waals surface area contributed by atoms with Gasteiger partial charge in [0.15, 0.2) is 5.69 Å². The molecule has 1 aromatic rings. The molecule has 0 radical (unpaired) electrons. The molecule has 0 spiro atoms. The van der Waals surface area contributed by atoms with Crippen LogP contribution < -0.4 is 0 Å². The molecule has 0 unspecified atom stereocenters. The summed E-state index contributed by atoms with van der Waals surface area (Å²) in [5.74, 6) is 0.745. The molecule has 0 saturated heterocycles. The van der Waals surface area contributed by atoms with Gasteiger partial charge >= 0.3 is 0 Å². The molecular weight excluding hydrogens is 262 g/mol. The predicted octanol–water partition coefficient (Wildman–Crippen LogP) is 3.27. The second-order valence-corrected chi connectivity index (χ2v) is 5.84. The monoisotopic (exact) mass is 281 g/mol. The quantitative estimate of drug-likeness (QED) is 0.854. The van der Waals surface area contributed by atoms with Crippen LogP contribution >= 0.6 is 11.6 Å². The Kier molecular flexibility index (Phi) is 4.40. The molecule has 1 amide bonds. The van der Waals surface area contributed by atoms with Crippen LogP contribution in [0.2, 0.25) is 5.02 Å². The van der Waals surface area contributed by atoms with Gasteiger partial charge in [0, 0.05) is 19.0 Å². The third-order valence-corrected chi connectivity index (χ3v) is 3.95. The first-order chi connectivity index (χ1) is 9.00. The van der Waals surface area contributed by atoms with E-state index in [9.17, 15) is 4.79 Å². The number of carbonyl (C=O) groups excluding carboxylic acids is 1. The van der Waals surface area contributed by atoms with Crippen molar-refractivity contribution in [1.82, 2.24) is 14.9 Å². The van der Waals surface area contributed by atoms with Crippen LogP contribution in [-0.4, -0.2) is 33.9 Å². The molecule has 0 bridgehead atoms. The van der Waals surface area contributed by atoms with Crippen LogP contribution in [0.15, 0.2) is 6.20 Å². The van der Waals surface area contributed by atoms with Gasteiger partial charge in [0.05, 0.1) is 11.2 Å². The lowest BCUT2D eigenvalue weighted by Crippen LogP contribution is -2.36. The number of hydrogen-bond acceptors (Lipinski definition) is 3. The van der Waals surface area contributed by atoms with Gasteiger partial charge in [-0.15, -0.1) is 0 Å². The lowest BCUT2D eigenvalue weighted by atomic mass is 10.2. The number of amides is 1. The van der Waals surface area contributed by atoms with E-state index in [-0.39, 0.29) is 11.8 Å². The summed E-state index contributed by atoms with van der Waals surface area (Å²) in [7, 11) is 1.84.